The maximum atomic E-state index is 13.0. The standard InChI is InChI=1S/C6H4F6O4/c7-4(8)3(13-1-2-14-3)5(9,10)16-6(11,12)15-4/h1-2H2. The number of hydrogen-bond acceptors (Lipinski definition) is 4. The van der Waals surface area contributed by atoms with E-state index in [0.717, 1.165) is 0 Å². The van der Waals surface area contributed by atoms with Gasteiger partial charge in [0.05, 0.1) is 13.2 Å². The summed E-state index contributed by atoms with van der Waals surface area (Å²) in [5, 5.41) is 0. The number of ether oxygens (including phenoxy) is 4. The van der Waals surface area contributed by atoms with Gasteiger partial charge in [0.25, 0.3) is 0 Å². The lowest BCUT2D eigenvalue weighted by Crippen LogP contribution is -2.70. The van der Waals surface area contributed by atoms with Crippen LogP contribution >= 0.6 is 0 Å². The normalized spacial score (nSPS) is 34.1. The molecule has 2 fully saturated rings. The Kier molecular flexibility index (Phi) is 2.23. The van der Waals surface area contributed by atoms with Gasteiger partial charge in [0.15, 0.2) is 0 Å². The summed E-state index contributed by atoms with van der Waals surface area (Å²) in [6.45, 7) is -1.24. The highest BCUT2D eigenvalue weighted by molar-refractivity contribution is 4.94. The van der Waals surface area contributed by atoms with Crippen molar-refractivity contribution in [1.82, 2.24) is 0 Å². The van der Waals surface area contributed by atoms with Gasteiger partial charge in [0, 0.05) is 0 Å². The summed E-state index contributed by atoms with van der Waals surface area (Å²) in [5.41, 5.74) is 0. The molecule has 0 unspecified atom stereocenters. The molecule has 0 aliphatic carbocycles. The molecule has 0 aromatic heterocycles. The Balaban J connectivity index is 2.43. The predicted octanol–water partition coefficient (Wildman–Crippen LogP) is 1.51. The Labute approximate surface area is 84.0 Å². The quantitative estimate of drug-likeness (QED) is 0.614. The van der Waals surface area contributed by atoms with Crippen LogP contribution in [-0.4, -0.2) is 37.5 Å². The lowest BCUT2D eigenvalue weighted by atomic mass is 10.2. The molecule has 2 rings (SSSR count). The molecule has 10 heteroatoms. The van der Waals surface area contributed by atoms with Crippen LogP contribution < -0.4 is 0 Å². The molecule has 2 heterocycles. The first kappa shape index (κ1) is 11.9. The molecule has 0 amide bonds. The Morgan fingerprint density at radius 3 is 1.44 bits per heavy atom. The van der Waals surface area contributed by atoms with Crippen molar-refractivity contribution in [1.29, 1.82) is 0 Å². The maximum Gasteiger partial charge on any atom is 0.495 e. The van der Waals surface area contributed by atoms with Crippen molar-refractivity contribution in [2.75, 3.05) is 13.2 Å². The summed E-state index contributed by atoms with van der Waals surface area (Å²) in [7, 11) is 0. The molecular formula is C6H4F6O4. The van der Waals surface area contributed by atoms with E-state index in [9.17, 15) is 26.3 Å². The molecule has 0 saturated carbocycles. The smallest absolute Gasteiger partial charge is 0.334 e. The summed E-state index contributed by atoms with van der Waals surface area (Å²) < 4.78 is 90.4. The van der Waals surface area contributed by atoms with Crippen molar-refractivity contribution < 1.29 is 45.3 Å². The molecule has 16 heavy (non-hydrogen) atoms. The topological polar surface area (TPSA) is 36.9 Å². The highest BCUT2D eigenvalue weighted by Crippen LogP contribution is 2.55. The highest BCUT2D eigenvalue weighted by Gasteiger charge is 2.83. The van der Waals surface area contributed by atoms with Crippen LogP contribution in [0.4, 0.5) is 26.3 Å². The first-order valence-corrected chi connectivity index (χ1v) is 3.94. The number of rotatable bonds is 0. The van der Waals surface area contributed by atoms with E-state index in [1.54, 1.807) is 0 Å². The van der Waals surface area contributed by atoms with E-state index >= 15 is 0 Å². The van der Waals surface area contributed by atoms with E-state index in [-0.39, 0.29) is 0 Å². The van der Waals surface area contributed by atoms with Crippen LogP contribution in [0.2, 0.25) is 0 Å². The minimum atomic E-state index is -5.13. The molecular weight excluding hydrogens is 250 g/mol. The fraction of sp³-hybridized carbons (Fsp3) is 1.00. The maximum absolute atomic E-state index is 13.0. The number of halogens is 6. The van der Waals surface area contributed by atoms with Crippen LogP contribution in [0, 0.1) is 0 Å². The van der Waals surface area contributed by atoms with Crippen molar-refractivity contribution >= 4 is 0 Å². The molecule has 0 aromatic carbocycles. The monoisotopic (exact) mass is 254 g/mol. The molecule has 0 bridgehead atoms. The summed E-state index contributed by atoms with van der Waals surface area (Å²) in [6, 6.07) is 0. The van der Waals surface area contributed by atoms with Crippen LogP contribution in [0.5, 0.6) is 0 Å². The first-order valence-electron chi connectivity index (χ1n) is 3.94. The van der Waals surface area contributed by atoms with Gasteiger partial charge in [-0.25, -0.2) is 9.47 Å². The van der Waals surface area contributed by atoms with Gasteiger partial charge in [0.1, 0.15) is 0 Å². The fourth-order valence-electron chi connectivity index (χ4n) is 1.37. The van der Waals surface area contributed by atoms with Crippen molar-refractivity contribution in [3.63, 3.8) is 0 Å². The van der Waals surface area contributed by atoms with E-state index in [0.29, 0.717) is 0 Å². The minimum Gasteiger partial charge on any atom is -0.334 e. The molecule has 2 aliphatic heterocycles. The highest BCUT2D eigenvalue weighted by atomic mass is 19.3. The third-order valence-corrected chi connectivity index (χ3v) is 1.95. The van der Waals surface area contributed by atoms with Gasteiger partial charge in [-0.05, 0) is 0 Å². The van der Waals surface area contributed by atoms with Crippen molar-refractivity contribution in [2.24, 2.45) is 0 Å². The Morgan fingerprint density at radius 2 is 1.06 bits per heavy atom. The summed E-state index contributed by atoms with van der Waals surface area (Å²) >= 11 is 0. The van der Waals surface area contributed by atoms with Gasteiger partial charge in [0.2, 0.25) is 0 Å². The molecule has 2 saturated heterocycles. The molecule has 2 aliphatic rings. The second-order valence-electron chi connectivity index (χ2n) is 3.01. The Morgan fingerprint density at radius 1 is 0.688 bits per heavy atom. The second-order valence-corrected chi connectivity index (χ2v) is 3.01. The third-order valence-electron chi connectivity index (χ3n) is 1.95. The Bertz CT molecular complexity index is 277. The second kappa shape index (κ2) is 3.00. The molecule has 0 N–H and O–H groups in total. The zero-order chi connectivity index (χ0) is 12.2. The average Bonchev–Trinajstić information content (AvgIpc) is 2.44. The SMILES string of the molecule is FC1(F)OC(F)(F)C2(OCCO2)C(F)(F)O1. The Hall–Kier alpha value is -0.580. The lowest BCUT2D eigenvalue weighted by Gasteiger charge is -2.44. The zero-order valence-corrected chi connectivity index (χ0v) is 7.31. The molecule has 94 valence electrons. The fourth-order valence-corrected chi connectivity index (χ4v) is 1.37. The van der Waals surface area contributed by atoms with Gasteiger partial charge in [-0.15, -0.1) is 8.78 Å². The lowest BCUT2D eigenvalue weighted by molar-refractivity contribution is -0.631. The summed E-state index contributed by atoms with van der Waals surface area (Å²) in [5.74, 6) is -3.97. The number of hydrogen-bond donors (Lipinski definition) is 0. The van der Waals surface area contributed by atoms with Crippen molar-refractivity contribution in [3.05, 3.63) is 0 Å². The van der Waals surface area contributed by atoms with E-state index in [2.05, 4.69) is 18.9 Å². The van der Waals surface area contributed by atoms with E-state index in [1.807, 2.05) is 0 Å². The zero-order valence-electron chi connectivity index (χ0n) is 7.31. The largest absolute Gasteiger partial charge is 0.495 e. The minimum absolute atomic E-state index is 0.622. The van der Waals surface area contributed by atoms with Gasteiger partial charge < -0.3 is 9.47 Å². The van der Waals surface area contributed by atoms with Crippen LogP contribution in [0.1, 0.15) is 0 Å². The molecule has 0 radical (unpaired) electrons. The van der Waals surface area contributed by atoms with Crippen molar-refractivity contribution in [2.45, 2.75) is 24.3 Å². The summed E-state index contributed by atoms with van der Waals surface area (Å²) in [4.78, 5) is 0. The van der Waals surface area contributed by atoms with Crippen LogP contribution in [-0.2, 0) is 18.9 Å². The first-order chi connectivity index (χ1) is 7.12. The molecule has 0 aromatic rings. The van der Waals surface area contributed by atoms with E-state index in [4.69, 9.17) is 0 Å². The van der Waals surface area contributed by atoms with E-state index < -0.39 is 37.5 Å². The van der Waals surface area contributed by atoms with Crippen LogP contribution in [0.15, 0.2) is 0 Å². The van der Waals surface area contributed by atoms with Crippen molar-refractivity contribution in [3.8, 4) is 0 Å². The molecule has 4 nitrogen and oxygen atoms in total. The summed E-state index contributed by atoms with van der Waals surface area (Å²) in [6.07, 6.45) is -15.2. The number of alkyl halides is 6. The van der Waals surface area contributed by atoms with Gasteiger partial charge >= 0.3 is 24.3 Å². The van der Waals surface area contributed by atoms with Gasteiger partial charge in [-0.2, -0.15) is 17.6 Å². The van der Waals surface area contributed by atoms with Gasteiger partial charge in [-0.1, -0.05) is 0 Å². The third kappa shape index (κ3) is 1.40. The van der Waals surface area contributed by atoms with Gasteiger partial charge in [-0.3, -0.25) is 0 Å². The predicted molar refractivity (Wildman–Crippen MR) is 31.6 cm³/mol. The van der Waals surface area contributed by atoms with E-state index in [1.165, 1.54) is 0 Å². The van der Waals surface area contributed by atoms with Crippen LogP contribution in [0.25, 0.3) is 0 Å². The van der Waals surface area contributed by atoms with Crippen LogP contribution in [0.3, 0.4) is 0 Å². The molecule has 0 atom stereocenters. The molecule has 1 spiro atoms. The average molecular weight is 254 g/mol.